The lowest BCUT2D eigenvalue weighted by atomic mass is 9.76. The number of rotatable bonds is 24. The van der Waals surface area contributed by atoms with Gasteiger partial charge in [-0.15, -0.1) is 0 Å². The summed E-state index contributed by atoms with van der Waals surface area (Å²) in [4.78, 5) is 10.1. The molecule has 0 N–H and O–H groups in total. The Labute approximate surface area is 487 Å². The van der Waals surface area contributed by atoms with E-state index in [0.29, 0.717) is 11.8 Å². The Morgan fingerprint density at radius 2 is 0.671 bits per heavy atom. The van der Waals surface area contributed by atoms with E-state index in [1.807, 2.05) is 0 Å². The van der Waals surface area contributed by atoms with Gasteiger partial charge in [-0.05, 0) is 133 Å². The van der Waals surface area contributed by atoms with Gasteiger partial charge in [0.25, 0.3) is 0 Å². The minimum Gasteiger partial charge on any atom is -0.381 e. The molecule has 2 unspecified atom stereocenters. The van der Waals surface area contributed by atoms with Gasteiger partial charge in [-0.25, -0.2) is 9.97 Å². The van der Waals surface area contributed by atoms with Crippen LogP contribution in [0.5, 0.6) is 0 Å². The van der Waals surface area contributed by atoms with E-state index in [0.717, 1.165) is 90.6 Å². The summed E-state index contributed by atoms with van der Waals surface area (Å²) in [6, 6.07) is 87.0. The van der Waals surface area contributed by atoms with Crippen LogP contribution in [0.2, 0.25) is 0 Å². The van der Waals surface area contributed by atoms with Crippen molar-refractivity contribution in [1.82, 2.24) is 19.1 Å². The van der Waals surface area contributed by atoms with Crippen LogP contribution in [0.3, 0.4) is 0 Å². The summed E-state index contributed by atoms with van der Waals surface area (Å²) in [7, 11) is 0. The standard InChI is InChI=1S/2C38H40N2O/c1-6-16-31(17-7-1)18-8-5-15-27-41-29-32-25-26-37-36(28-32)39-30-40(37)38(33-19-9-2-10-20-33,34-21-11-3-12-22-34)35-23-13-4-14-24-35;1-6-16-31(17-7-1)18-8-5-15-27-41-29-32-25-26-36-37(28-32)40(30-39-36)38(33-19-9-2-10-20-33,34-21-11-3-12-22-34)35-23-13-4-14-24-35/h2*1-4,6-7,9-14,16-17,19-24,30,32H,5,8,15,18,25-29H2. The zero-order valence-electron chi connectivity index (χ0n) is 47.7. The molecule has 416 valence electrons. The van der Waals surface area contributed by atoms with Gasteiger partial charge >= 0.3 is 0 Å². The van der Waals surface area contributed by atoms with Crippen LogP contribution in [-0.2, 0) is 59.1 Å². The highest BCUT2D eigenvalue weighted by atomic mass is 16.5. The van der Waals surface area contributed by atoms with Crippen LogP contribution in [-0.4, -0.2) is 45.5 Å². The van der Waals surface area contributed by atoms with Crippen LogP contribution in [0, 0.1) is 11.8 Å². The van der Waals surface area contributed by atoms with Gasteiger partial charge < -0.3 is 18.6 Å². The highest BCUT2D eigenvalue weighted by molar-refractivity contribution is 5.53. The highest BCUT2D eigenvalue weighted by Crippen LogP contribution is 2.45. The molecule has 0 fully saturated rings. The number of hydrogen-bond acceptors (Lipinski definition) is 4. The fourth-order valence-electron chi connectivity index (χ4n) is 13.1. The van der Waals surface area contributed by atoms with Crippen molar-refractivity contribution in [3.05, 3.63) is 323 Å². The number of unbranched alkanes of at least 4 members (excludes halogenated alkanes) is 4. The van der Waals surface area contributed by atoms with E-state index >= 15 is 0 Å². The third kappa shape index (κ3) is 12.9. The third-order valence-electron chi connectivity index (χ3n) is 17.2. The zero-order valence-corrected chi connectivity index (χ0v) is 47.7. The van der Waals surface area contributed by atoms with E-state index < -0.39 is 11.1 Å². The number of ether oxygens (including phenoxy) is 2. The predicted molar refractivity (Wildman–Crippen MR) is 334 cm³/mol. The Bertz CT molecular complexity index is 3230. The maximum Gasteiger partial charge on any atom is 0.121 e. The molecule has 2 atom stereocenters. The maximum absolute atomic E-state index is 6.27. The van der Waals surface area contributed by atoms with E-state index in [1.54, 1.807) is 0 Å². The molecule has 2 aromatic heterocycles. The normalized spacial score (nSPS) is 15.0. The van der Waals surface area contributed by atoms with Gasteiger partial charge in [0.1, 0.15) is 11.1 Å². The number of benzene rings is 8. The second-order valence-corrected chi connectivity index (χ2v) is 22.6. The molecule has 0 amide bonds. The molecular weight excluding hydrogens is 1000 g/mol. The molecule has 0 aliphatic heterocycles. The molecule has 8 aromatic carbocycles. The lowest BCUT2D eigenvalue weighted by molar-refractivity contribution is 0.0901. The molecule has 10 aromatic rings. The number of aromatic nitrogens is 4. The first-order valence-corrected chi connectivity index (χ1v) is 30.4. The quantitative estimate of drug-likeness (QED) is 0.0447. The van der Waals surface area contributed by atoms with Gasteiger partial charge in [-0.1, -0.05) is 255 Å². The molecule has 0 saturated heterocycles. The molecule has 82 heavy (non-hydrogen) atoms. The maximum atomic E-state index is 6.27. The van der Waals surface area contributed by atoms with E-state index in [-0.39, 0.29) is 0 Å². The Kier molecular flexibility index (Phi) is 19.2. The zero-order chi connectivity index (χ0) is 55.5. The van der Waals surface area contributed by atoms with Crippen molar-refractivity contribution in [3.63, 3.8) is 0 Å². The molecule has 0 bridgehead atoms. The van der Waals surface area contributed by atoms with Gasteiger partial charge in [0.15, 0.2) is 0 Å². The van der Waals surface area contributed by atoms with Crippen LogP contribution in [0.1, 0.15) is 119 Å². The van der Waals surface area contributed by atoms with Crippen molar-refractivity contribution in [3.8, 4) is 0 Å². The minimum absolute atomic E-state index is 0.493. The molecule has 2 aliphatic carbocycles. The number of hydrogen-bond donors (Lipinski definition) is 0. The van der Waals surface area contributed by atoms with E-state index in [9.17, 15) is 0 Å². The van der Waals surface area contributed by atoms with Crippen LogP contribution >= 0.6 is 0 Å². The average molecular weight is 1080 g/mol. The van der Waals surface area contributed by atoms with Gasteiger partial charge in [-0.3, -0.25) is 0 Å². The molecule has 0 saturated carbocycles. The van der Waals surface area contributed by atoms with E-state index in [1.165, 1.54) is 93.0 Å². The molecule has 6 nitrogen and oxygen atoms in total. The number of fused-ring (bicyclic) bond motifs is 2. The lowest BCUT2D eigenvalue weighted by Crippen LogP contribution is -2.39. The highest BCUT2D eigenvalue weighted by Gasteiger charge is 2.43. The fraction of sp³-hybridized carbons (Fsp3) is 0.289. The summed E-state index contributed by atoms with van der Waals surface area (Å²) in [6.07, 6.45) is 19.9. The Hall–Kier alpha value is -7.90. The van der Waals surface area contributed by atoms with Gasteiger partial charge in [0, 0.05) is 37.8 Å². The second kappa shape index (κ2) is 28.2. The summed E-state index contributed by atoms with van der Waals surface area (Å²) in [5, 5.41) is 0. The van der Waals surface area contributed by atoms with Crippen LogP contribution in [0.25, 0.3) is 0 Å². The monoisotopic (exact) mass is 1080 g/mol. The van der Waals surface area contributed by atoms with Crippen LogP contribution in [0.4, 0.5) is 0 Å². The molecule has 2 aliphatic rings. The first kappa shape index (κ1) is 56.0. The number of nitrogens with zero attached hydrogens (tertiary/aromatic N) is 4. The van der Waals surface area contributed by atoms with E-state index in [4.69, 9.17) is 19.4 Å². The van der Waals surface area contributed by atoms with Crippen molar-refractivity contribution in [2.45, 2.75) is 101 Å². The first-order chi connectivity index (χ1) is 40.7. The van der Waals surface area contributed by atoms with Gasteiger partial charge in [0.05, 0.1) is 24.0 Å². The topological polar surface area (TPSA) is 54.1 Å². The van der Waals surface area contributed by atoms with Crippen molar-refractivity contribution in [2.24, 2.45) is 11.8 Å². The SMILES string of the molecule is c1ccc(CCCCCOCC2CCc3c(ncn3C(c3ccccc3)(c3ccccc3)c3ccccc3)C2)cc1.c1ccc(CCCCCOCC2CCc3ncn(C(c4ccccc4)(c4ccccc4)c4ccccc4)c3C2)cc1. The summed E-state index contributed by atoms with van der Waals surface area (Å²) >= 11 is 0. The molecule has 6 heteroatoms. The number of imidazole rings is 2. The molecular formula is C76H80N4O2. The largest absolute Gasteiger partial charge is 0.381 e. The second-order valence-electron chi connectivity index (χ2n) is 22.6. The van der Waals surface area contributed by atoms with Crippen molar-refractivity contribution < 1.29 is 9.47 Å². The van der Waals surface area contributed by atoms with Gasteiger partial charge in [-0.2, -0.15) is 0 Å². The van der Waals surface area contributed by atoms with Crippen LogP contribution in [0.15, 0.2) is 255 Å². The first-order valence-electron chi connectivity index (χ1n) is 30.4. The van der Waals surface area contributed by atoms with E-state index in [2.05, 4.69) is 264 Å². The Balaban J connectivity index is 0.000000172. The lowest BCUT2D eigenvalue weighted by Gasteiger charge is -2.39. The molecule has 12 rings (SSSR count). The average Bonchev–Trinajstić information content (AvgIpc) is 2.23. The Morgan fingerprint density at radius 1 is 0.341 bits per heavy atom. The predicted octanol–water partition coefficient (Wildman–Crippen LogP) is 16.5. The fourth-order valence-corrected chi connectivity index (χ4v) is 13.1. The smallest absolute Gasteiger partial charge is 0.121 e. The molecule has 2 heterocycles. The van der Waals surface area contributed by atoms with Crippen LogP contribution < -0.4 is 0 Å². The summed E-state index contributed by atoms with van der Waals surface area (Å²) in [5.74, 6) is 1.03. The summed E-state index contributed by atoms with van der Waals surface area (Å²) < 4.78 is 17.4. The third-order valence-corrected chi connectivity index (χ3v) is 17.2. The Morgan fingerprint density at radius 3 is 1.06 bits per heavy atom. The van der Waals surface area contributed by atoms with Gasteiger partial charge in [0.2, 0.25) is 0 Å². The minimum atomic E-state index is -0.508. The summed E-state index contributed by atoms with van der Waals surface area (Å²) in [5.41, 5.74) is 14.5. The molecule has 0 radical (unpaired) electrons. The number of aryl methyl sites for hydroxylation is 3. The van der Waals surface area contributed by atoms with Crippen molar-refractivity contribution >= 4 is 0 Å². The van der Waals surface area contributed by atoms with Crippen molar-refractivity contribution in [1.29, 1.82) is 0 Å². The summed E-state index contributed by atoms with van der Waals surface area (Å²) in [6.45, 7) is 3.34. The molecule has 0 spiro atoms. The van der Waals surface area contributed by atoms with Crippen molar-refractivity contribution in [2.75, 3.05) is 26.4 Å².